The molecule has 96 valence electrons. The van der Waals surface area contributed by atoms with Gasteiger partial charge in [-0.15, -0.1) is 12.4 Å². The van der Waals surface area contributed by atoms with Crippen LogP contribution in [-0.2, 0) is 11.3 Å². The number of hydrogen-bond acceptors (Lipinski definition) is 3. The summed E-state index contributed by atoms with van der Waals surface area (Å²) in [7, 11) is 3.46. The van der Waals surface area contributed by atoms with Crippen molar-refractivity contribution in [3.05, 3.63) is 29.8 Å². The molecule has 1 rings (SSSR count). The summed E-state index contributed by atoms with van der Waals surface area (Å²) in [6.45, 7) is 1.24. The second-order valence-electron chi connectivity index (χ2n) is 3.48. The van der Waals surface area contributed by atoms with E-state index in [1.807, 2.05) is 31.3 Å². The van der Waals surface area contributed by atoms with Crippen LogP contribution in [-0.4, -0.2) is 26.6 Å². The van der Waals surface area contributed by atoms with E-state index in [1.54, 1.807) is 7.11 Å². The summed E-state index contributed by atoms with van der Waals surface area (Å²) >= 11 is 0. The SMILES string of the molecule is CNCCC(=O)NCc1cccc(OC)c1.Cl. The van der Waals surface area contributed by atoms with Crippen molar-refractivity contribution in [2.24, 2.45) is 0 Å². The predicted octanol–water partition coefficient (Wildman–Crippen LogP) is 1.34. The Labute approximate surface area is 108 Å². The van der Waals surface area contributed by atoms with Crippen molar-refractivity contribution in [1.82, 2.24) is 10.6 Å². The van der Waals surface area contributed by atoms with Gasteiger partial charge in [-0.2, -0.15) is 0 Å². The number of rotatable bonds is 6. The molecule has 2 N–H and O–H groups in total. The molecule has 0 unspecified atom stereocenters. The summed E-state index contributed by atoms with van der Waals surface area (Å²) in [5.74, 6) is 0.860. The zero-order chi connectivity index (χ0) is 11.8. The van der Waals surface area contributed by atoms with Gasteiger partial charge in [0.05, 0.1) is 7.11 Å². The van der Waals surface area contributed by atoms with Crippen molar-refractivity contribution in [3.8, 4) is 5.75 Å². The van der Waals surface area contributed by atoms with E-state index < -0.39 is 0 Å². The zero-order valence-electron chi connectivity index (χ0n) is 10.2. The van der Waals surface area contributed by atoms with E-state index in [0.717, 1.165) is 11.3 Å². The number of amides is 1. The molecule has 0 aliphatic rings. The average Bonchev–Trinajstić information content (AvgIpc) is 2.34. The molecular weight excluding hydrogens is 240 g/mol. The van der Waals surface area contributed by atoms with Crippen LogP contribution in [0.2, 0.25) is 0 Å². The van der Waals surface area contributed by atoms with E-state index >= 15 is 0 Å². The summed E-state index contributed by atoms with van der Waals surface area (Å²) in [6.07, 6.45) is 0.500. The molecule has 0 fully saturated rings. The molecule has 0 bridgehead atoms. The van der Waals surface area contributed by atoms with Crippen molar-refractivity contribution < 1.29 is 9.53 Å². The summed E-state index contributed by atoms with van der Waals surface area (Å²) in [5.41, 5.74) is 1.04. The molecule has 4 nitrogen and oxygen atoms in total. The van der Waals surface area contributed by atoms with E-state index in [9.17, 15) is 4.79 Å². The molecule has 1 amide bonds. The number of carbonyl (C=O) groups is 1. The average molecular weight is 259 g/mol. The largest absolute Gasteiger partial charge is 0.497 e. The molecule has 1 aromatic carbocycles. The fraction of sp³-hybridized carbons (Fsp3) is 0.417. The van der Waals surface area contributed by atoms with Crippen LogP contribution in [0.25, 0.3) is 0 Å². The Bertz CT molecular complexity index is 345. The minimum Gasteiger partial charge on any atom is -0.497 e. The lowest BCUT2D eigenvalue weighted by Gasteiger charge is -2.06. The first-order valence-electron chi connectivity index (χ1n) is 5.30. The third kappa shape index (κ3) is 6.14. The van der Waals surface area contributed by atoms with Gasteiger partial charge in [0.25, 0.3) is 0 Å². The minimum atomic E-state index is 0. The van der Waals surface area contributed by atoms with Crippen LogP contribution in [0, 0.1) is 0 Å². The topological polar surface area (TPSA) is 50.4 Å². The second kappa shape index (κ2) is 8.84. The Hall–Kier alpha value is -1.26. The highest BCUT2D eigenvalue weighted by atomic mass is 35.5. The molecule has 0 saturated carbocycles. The van der Waals surface area contributed by atoms with Crippen LogP contribution in [0.1, 0.15) is 12.0 Å². The highest BCUT2D eigenvalue weighted by molar-refractivity contribution is 5.85. The summed E-state index contributed by atoms with van der Waals surface area (Å²) < 4.78 is 5.10. The van der Waals surface area contributed by atoms with Crippen molar-refractivity contribution >= 4 is 18.3 Å². The molecule has 0 spiro atoms. The maximum Gasteiger partial charge on any atom is 0.221 e. The Morgan fingerprint density at radius 2 is 2.18 bits per heavy atom. The predicted molar refractivity (Wildman–Crippen MR) is 70.6 cm³/mol. The van der Waals surface area contributed by atoms with Gasteiger partial charge in [-0.25, -0.2) is 0 Å². The van der Waals surface area contributed by atoms with Crippen molar-refractivity contribution in [2.75, 3.05) is 20.7 Å². The molecule has 5 heteroatoms. The number of benzene rings is 1. The highest BCUT2D eigenvalue weighted by Gasteiger charge is 2.00. The van der Waals surface area contributed by atoms with E-state index in [2.05, 4.69) is 10.6 Å². The van der Waals surface area contributed by atoms with Crippen LogP contribution >= 0.6 is 12.4 Å². The molecule has 0 aromatic heterocycles. The van der Waals surface area contributed by atoms with E-state index in [1.165, 1.54) is 0 Å². The first-order chi connectivity index (χ1) is 7.76. The number of hydrogen-bond donors (Lipinski definition) is 2. The third-order valence-corrected chi connectivity index (χ3v) is 2.23. The Balaban J connectivity index is 0.00000256. The first kappa shape index (κ1) is 15.7. The monoisotopic (exact) mass is 258 g/mol. The lowest BCUT2D eigenvalue weighted by atomic mass is 10.2. The van der Waals surface area contributed by atoms with Gasteiger partial charge in [0.1, 0.15) is 5.75 Å². The lowest BCUT2D eigenvalue weighted by molar-refractivity contribution is -0.121. The van der Waals surface area contributed by atoms with Crippen LogP contribution < -0.4 is 15.4 Å². The summed E-state index contributed by atoms with van der Waals surface area (Å²) in [5, 5.41) is 5.78. The Morgan fingerprint density at radius 3 is 2.82 bits per heavy atom. The first-order valence-corrected chi connectivity index (χ1v) is 5.30. The molecule has 17 heavy (non-hydrogen) atoms. The maximum absolute atomic E-state index is 11.3. The molecule has 1 aromatic rings. The number of halogens is 1. The molecule has 0 atom stereocenters. The number of nitrogens with one attached hydrogen (secondary N) is 2. The minimum absolute atomic E-state index is 0. The molecule has 0 aliphatic carbocycles. The maximum atomic E-state index is 11.3. The van der Waals surface area contributed by atoms with Gasteiger partial charge >= 0.3 is 0 Å². The molecular formula is C12H19ClN2O2. The van der Waals surface area contributed by atoms with Crippen molar-refractivity contribution in [3.63, 3.8) is 0 Å². The smallest absolute Gasteiger partial charge is 0.221 e. The Morgan fingerprint density at radius 1 is 1.41 bits per heavy atom. The number of carbonyl (C=O) groups excluding carboxylic acids is 1. The van der Waals surface area contributed by atoms with Gasteiger partial charge in [-0.05, 0) is 24.7 Å². The van der Waals surface area contributed by atoms with Crippen molar-refractivity contribution in [1.29, 1.82) is 0 Å². The standard InChI is InChI=1S/C12H18N2O2.ClH/c1-13-7-6-12(15)14-9-10-4-3-5-11(8-10)16-2;/h3-5,8,13H,6-7,9H2,1-2H3,(H,14,15);1H. The highest BCUT2D eigenvalue weighted by Crippen LogP contribution is 2.11. The van der Waals surface area contributed by atoms with Gasteiger partial charge < -0.3 is 15.4 Å². The molecule has 0 aliphatic heterocycles. The fourth-order valence-corrected chi connectivity index (χ4v) is 1.31. The summed E-state index contributed by atoms with van der Waals surface area (Å²) in [4.78, 5) is 11.3. The quantitative estimate of drug-likeness (QED) is 0.810. The molecule has 0 heterocycles. The third-order valence-electron chi connectivity index (χ3n) is 2.23. The van der Waals surface area contributed by atoms with Gasteiger partial charge in [0.2, 0.25) is 5.91 Å². The van der Waals surface area contributed by atoms with Gasteiger partial charge in [-0.1, -0.05) is 12.1 Å². The van der Waals surface area contributed by atoms with Gasteiger partial charge in [0.15, 0.2) is 0 Å². The molecule has 0 radical (unpaired) electrons. The van der Waals surface area contributed by atoms with Gasteiger partial charge in [-0.3, -0.25) is 4.79 Å². The number of ether oxygens (including phenoxy) is 1. The van der Waals surface area contributed by atoms with Crippen LogP contribution in [0.5, 0.6) is 5.75 Å². The van der Waals surface area contributed by atoms with E-state index in [-0.39, 0.29) is 18.3 Å². The van der Waals surface area contributed by atoms with Crippen LogP contribution in [0.3, 0.4) is 0 Å². The second-order valence-corrected chi connectivity index (χ2v) is 3.48. The van der Waals surface area contributed by atoms with Crippen LogP contribution in [0.15, 0.2) is 24.3 Å². The van der Waals surface area contributed by atoms with Crippen molar-refractivity contribution in [2.45, 2.75) is 13.0 Å². The van der Waals surface area contributed by atoms with E-state index in [4.69, 9.17) is 4.74 Å². The normalized spacial score (nSPS) is 9.29. The van der Waals surface area contributed by atoms with E-state index in [0.29, 0.717) is 19.5 Å². The summed E-state index contributed by atoms with van der Waals surface area (Å²) in [6, 6.07) is 7.67. The van der Waals surface area contributed by atoms with Gasteiger partial charge in [0, 0.05) is 19.5 Å². The van der Waals surface area contributed by atoms with Crippen LogP contribution in [0.4, 0.5) is 0 Å². The molecule has 0 saturated heterocycles. The fourth-order valence-electron chi connectivity index (χ4n) is 1.31. The Kier molecular flexibility index (Phi) is 8.19. The zero-order valence-corrected chi connectivity index (χ0v) is 11.0. The lowest BCUT2D eigenvalue weighted by Crippen LogP contribution is -2.26. The number of methoxy groups -OCH3 is 1.